The molecule has 0 bridgehead atoms. The maximum absolute atomic E-state index is 13.1. The van der Waals surface area contributed by atoms with Gasteiger partial charge < -0.3 is 20.7 Å². The van der Waals surface area contributed by atoms with Crippen molar-refractivity contribution >= 4 is 52.1 Å². The van der Waals surface area contributed by atoms with Gasteiger partial charge in [-0.05, 0) is 54.7 Å². The van der Waals surface area contributed by atoms with Crippen molar-refractivity contribution in [2.24, 2.45) is 0 Å². The fourth-order valence-electron chi connectivity index (χ4n) is 2.87. The number of thiocarbonyl (C=S) groups is 1. The van der Waals surface area contributed by atoms with Crippen molar-refractivity contribution < 1.29 is 22.7 Å². The highest BCUT2D eigenvalue weighted by atomic mass is 32.2. The molecule has 3 rings (SSSR count). The molecule has 5 nitrogen and oxygen atoms in total. The molecule has 0 spiro atoms. The number of hydrogen-bond donors (Lipinski definition) is 3. The number of benzene rings is 3. The van der Waals surface area contributed by atoms with Crippen molar-refractivity contribution in [3.63, 3.8) is 0 Å². The highest BCUT2D eigenvalue weighted by Gasteiger charge is 2.33. The molecule has 0 aromatic heterocycles. The van der Waals surface area contributed by atoms with Crippen LogP contribution in [0.15, 0.2) is 77.7 Å². The van der Waals surface area contributed by atoms with Gasteiger partial charge in [-0.1, -0.05) is 30.3 Å². The molecule has 0 heterocycles. The Balaban J connectivity index is 1.57. The molecule has 0 saturated carbocycles. The first-order valence-electron chi connectivity index (χ1n) is 9.66. The molecule has 0 radical (unpaired) electrons. The number of para-hydroxylation sites is 3. The Morgan fingerprint density at radius 1 is 0.939 bits per heavy atom. The molecule has 0 aliphatic rings. The molecule has 0 unspecified atom stereocenters. The minimum absolute atomic E-state index is 0.0560. The summed E-state index contributed by atoms with van der Waals surface area (Å²) in [5, 5.41) is 8.80. The van der Waals surface area contributed by atoms with Crippen molar-refractivity contribution in [1.29, 1.82) is 0 Å². The maximum atomic E-state index is 13.1. The number of ether oxygens (including phenoxy) is 1. The Kier molecular flexibility index (Phi) is 8.18. The molecule has 3 aromatic rings. The Hall–Kier alpha value is -3.24. The van der Waals surface area contributed by atoms with Crippen LogP contribution in [0.5, 0.6) is 5.75 Å². The fraction of sp³-hybridized carbons (Fsp3) is 0.130. The topological polar surface area (TPSA) is 62.4 Å². The van der Waals surface area contributed by atoms with E-state index in [9.17, 15) is 18.0 Å². The van der Waals surface area contributed by atoms with Gasteiger partial charge in [-0.3, -0.25) is 4.79 Å². The highest BCUT2D eigenvalue weighted by molar-refractivity contribution is 8.00. The van der Waals surface area contributed by atoms with Gasteiger partial charge in [0.05, 0.1) is 29.8 Å². The van der Waals surface area contributed by atoms with Crippen LogP contribution < -0.4 is 20.7 Å². The third-order valence-electron chi connectivity index (χ3n) is 4.32. The summed E-state index contributed by atoms with van der Waals surface area (Å²) in [6, 6.07) is 19.4. The number of alkyl halides is 3. The lowest BCUT2D eigenvalue weighted by atomic mass is 10.1. The number of thioether (sulfide) groups is 1. The molecule has 172 valence electrons. The summed E-state index contributed by atoms with van der Waals surface area (Å²) in [5.41, 5.74) is 0.249. The normalized spacial score (nSPS) is 10.9. The van der Waals surface area contributed by atoms with Crippen molar-refractivity contribution in [3.8, 4) is 5.75 Å². The number of carbonyl (C=O) groups excluding carboxylic acids is 1. The number of hydrogen-bond acceptors (Lipinski definition) is 4. The number of methoxy groups -OCH3 is 1. The largest absolute Gasteiger partial charge is 0.495 e. The average molecular weight is 492 g/mol. The van der Waals surface area contributed by atoms with E-state index >= 15 is 0 Å². The standard InChI is InChI=1S/C23H20F3N3O2S2/c1-31-20-12-5-4-11-19(20)29-22(32)27-15-7-6-8-16(13-15)33-14-21(30)28-18-10-3-2-9-17(18)23(24,25)26/h2-13H,14H2,1H3,(H,28,30)(H2,27,29,32). The number of nitrogens with one attached hydrogen (secondary N) is 3. The van der Waals surface area contributed by atoms with E-state index in [1.165, 1.54) is 30.0 Å². The van der Waals surface area contributed by atoms with Crippen LogP contribution in [0.2, 0.25) is 0 Å². The minimum Gasteiger partial charge on any atom is -0.495 e. The van der Waals surface area contributed by atoms with Gasteiger partial charge in [0.2, 0.25) is 5.91 Å². The Morgan fingerprint density at radius 3 is 2.36 bits per heavy atom. The summed E-state index contributed by atoms with van der Waals surface area (Å²) >= 11 is 6.54. The number of anilines is 3. The van der Waals surface area contributed by atoms with Crippen molar-refractivity contribution in [1.82, 2.24) is 0 Å². The zero-order valence-corrected chi connectivity index (χ0v) is 19.0. The second kappa shape index (κ2) is 11.1. The lowest BCUT2D eigenvalue weighted by Crippen LogP contribution is -2.19. The van der Waals surface area contributed by atoms with Gasteiger partial charge in [0.15, 0.2) is 5.11 Å². The van der Waals surface area contributed by atoms with Gasteiger partial charge in [0.1, 0.15) is 5.75 Å². The van der Waals surface area contributed by atoms with Crippen molar-refractivity contribution in [3.05, 3.63) is 78.4 Å². The van der Waals surface area contributed by atoms with Crippen LogP contribution >= 0.6 is 24.0 Å². The third kappa shape index (κ3) is 7.13. The van der Waals surface area contributed by atoms with E-state index in [0.29, 0.717) is 22.2 Å². The van der Waals surface area contributed by atoms with E-state index in [4.69, 9.17) is 17.0 Å². The predicted octanol–water partition coefficient (Wildman–Crippen LogP) is 6.25. The molecule has 1 amide bonds. The van der Waals surface area contributed by atoms with Gasteiger partial charge in [-0.15, -0.1) is 11.8 Å². The first-order valence-corrected chi connectivity index (χ1v) is 11.1. The van der Waals surface area contributed by atoms with Crippen LogP contribution in [-0.2, 0) is 11.0 Å². The summed E-state index contributed by atoms with van der Waals surface area (Å²) < 4.78 is 44.6. The predicted molar refractivity (Wildman–Crippen MR) is 130 cm³/mol. The SMILES string of the molecule is COc1ccccc1NC(=S)Nc1cccc(SCC(=O)Nc2ccccc2C(F)(F)F)c1. The van der Waals surface area contributed by atoms with Crippen molar-refractivity contribution in [2.75, 3.05) is 28.8 Å². The minimum atomic E-state index is -4.55. The quantitative estimate of drug-likeness (QED) is 0.268. The van der Waals surface area contributed by atoms with Crippen LogP contribution in [0.4, 0.5) is 30.2 Å². The van der Waals surface area contributed by atoms with Crippen LogP contribution in [0.25, 0.3) is 0 Å². The van der Waals surface area contributed by atoms with E-state index in [-0.39, 0.29) is 11.4 Å². The molecule has 3 N–H and O–H groups in total. The smallest absolute Gasteiger partial charge is 0.418 e. The van der Waals surface area contributed by atoms with Crippen LogP contribution in [0.3, 0.4) is 0 Å². The number of amides is 1. The molecular weight excluding hydrogens is 471 g/mol. The van der Waals surface area contributed by atoms with Gasteiger partial charge in [0, 0.05) is 10.6 Å². The zero-order valence-electron chi connectivity index (χ0n) is 17.4. The number of rotatable bonds is 7. The van der Waals surface area contributed by atoms with E-state index < -0.39 is 17.6 Å². The first-order chi connectivity index (χ1) is 15.8. The molecule has 3 aromatic carbocycles. The summed E-state index contributed by atoms with van der Waals surface area (Å²) in [6.45, 7) is 0. The van der Waals surface area contributed by atoms with E-state index in [0.717, 1.165) is 11.0 Å². The zero-order chi connectivity index (χ0) is 23.8. The van der Waals surface area contributed by atoms with E-state index in [1.54, 1.807) is 37.4 Å². The van der Waals surface area contributed by atoms with Crippen LogP contribution in [-0.4, -0.2) is 23.9 Å². The summed E-state index contributed by atoms with van der Waals surface area (Å²) in [5.74, 6) is 0.0482. The van der Waals surface area contributed by atoms with Gasteiger partial charge in [-0.2, -0.15) is 13.2 Å². The maximum Gasteiger partial charge on any atom is 0.418 e. The molecule has 10 heteroatoms. The van der Waals surface area contributed by atoms with E-state index in [2.05, 4.69) is 16.0 Å². The molecule has 33 heavy (non-hydrogen) atoms. The fourth-order valence-corrected chi connectivity index (χ4v) is 3.85. The second-order valence-corrected chi connectivity index (χ2v) is 8.14. The van der Waals surface area contributed by atoms with E-state index in [1.807, 2.05) is 18.2 Å². The summed E-state index contributed by atoms with van der Waals surface area (Å²) in [6.07, 6.45) is -4.55. The molecule has 0 aliphatic carbocycles. The number of halogens is 3. The number of carbonyl (C=O) groups is 1. The monoisotopic (exact) mass is 491 g/mol. The Labute approximate surface area is 198 Å². The Bertz CT molecular complexity index is 1140. The first kappa shape index (κ1) is 24.4. The molecule has 0 fully saturated rings. The summed E-state index contributed by atoms with van der Waals surface area (Å²) in [4.78, 5) is 13.0. The molecule has 0 aliphatic heterocycles. The summed E-state index contributed by atoms with van der Waals surface area (Å²) in [7, 11) is 1.57. The van der Waals surface area contributed by atoms with Gasteiger partial charge in [0.25, 0.3) is 0 Å². The molecule has 0 saturated heterocycles. The Morgan fingerprint density at radius 2 is 1.64 bits per heavy atom. The lowest BCUT2D eigenvalue weighted by Gasteiger charge is -2.14. The van der Waals surface area contributed by atoms with Crippen molar-refractivity contribution in [2.45, 2.75) is 11.1 Å². The molecule has 0 atom stereocenters. The average Bonchev–Trinajstić information content (AvgIpc) is 2.78. The van der Waals surface area contributed by atoms with Crippen LogP contribution in [0.1, 0.15) is 5.56 Å². The van der Waals surface area contributed by atoms with Gasteiger partial charge >= 0.3 is 6.18 Å². The highest BCUT2D eigenvalue weighted by Crippen LogP contribution is 2.34. The third-order valence-corrected chi connectivity index (χ3v) is 5.52. The van der Waals surface area contributed by atoms with Crippen LogP contribution in [0, 0.1) is 0 Å². The van der Waals surface area contributed by atoms with Gasteiger partial charge in [-0.25, -0.2) is 0 Å². The lowest BCUT2D eigenvalue weighted by molar-refractivity contribution is -0.137. The second-order valence-electron chi connectivity index (χ2n) is 6.69. The molecular formula is C23H20F3N3O2S2.